The summed E-state index contributed by atoms with van der Waals surface area (Å²) in [5, 5.41) is 0. The average Bonchev–Trinajstić information content (AvgIpc) is 3.24. The van der Waals surface area contributed by atoms with Gasteiger partial charge in [0.1, 0.15) is 0 Å². The van der Waals surface area contributed by atoms with E-state index in [0.29, 0.717) is 0 Å². The standard InChI is InChI=1S/C17H15.C5H5.2ClH.Zr/c1-2-13-11-15-9-6-10-16(17(15)12-13)14-7-4-3-5-8-14;1-2-4-5-3-1;;;/h3-12H,2H2,1H3;1-3H,4H2;2*1H;/q;;;;+2/p-2. The Balaban J connectivity index is 0.00000113. The van der Waals surface area contributed by atoms with E-state index in [4.69, 9.17) is 0 Å². The predicted molar refractivity (Wildman–Crippen MR) is 94.7 cm³/mol. The first-order valence-electron chi connectivity index (χ1n) is 8.38. The molecular formula is C22H20Cl2Zr. The maximum Gasteiger partial charge on any atom is -1.00 e. The van der Waals surface area contributed by atoms with Crippen LogP contribution in [0.1, 0.15) is 34.5 Å². The molecule has 0 fully saturated rings. The molecule has 1 unspecified atom stereocenters. The van der Waals surface area contributed by atoms with Gasteiger partial charge in [-0.15, -0.1) is 0 Å². The minimum atomic E-state index is -0.589. The molecule has 4 rings (SSSR count). The summed E-state index contributed by atoms with van der Waals surface area (Å²) in [4.78, 5) is 0. The molecule has 0 nitrogen and oxygen atoms in total. The molecule has 126 valence electrons. The summed E-state index contributed by atoms with van der Waals surface area (Å²) in [6, 6.07) is 17.7. The zero-order chi connectivity index (χ0) is 15.6. The van der Waals surface area contributed by atoms with Gasteiger partial charge >= 0.3 is 151 Å². The molecule has 0 aromatic heterocycles. The van der Waals surface area contributed by atoms with E-state index in [0.717, 1.165) is 3.63 Å². The van der Waals surface area contributed by atoms with E-state index in [1.807, 2.05) is 0 Å². The second kappa shape index (κ2) is 9.17. The molecule has 0 aliphatic heterocycles. The van der Waals surface area contributed by atoms with Gasteiger partial charge in [-0.1, -0.05) is 0 Å². The molecule has 0 saturated carbocycles. The van der Waals surface area contributed by atoms with Crippen LogP contribution in [0.2, 0.25) is 0 Å². The molecule has 25 heavy (non-hydrogen) atoms. The van der Waals surface area contributed by atoms with Crippen molar-refractivity contribution < 1.29 is 48.0 Å². The second-order valence-corrected chi connectivity index (χ2v) is 9.86. The van der Waals surface area contributed by atoms with Crippen molar-refractivity contribution in [3.63, 3.8) is 0 Å². The fourth-order valence-corrected chi connectivity index (χ4v) is 7.68. The molecule has 0 spiro atoms. The van der Waals surface area contributed by atoms with Crippen molar-refractivity contribution in [2.45, 2.75) is 23.4 Å². The molecule has 2 aliphatic rings. The molecule has 0 heterocycles. The molecular weight excluding hydrogens is 426 g/mol. The first-order chi connectivity index (χ1) is 11.4. The Morgan fingerprint density at radius 3 is 2.48 bits per heavy atom. The van der Waals surface area contributed by atoms with E-state index < -0.39 is 23.2 Å². The number of hydrogen-bond acceptors (Lipinski definition) is 0. The quantitative estimate of drug-likeness (QED) is 0.627. The SMILES string of the molecule is CCC1=Cc2c(-c3ccccc3)cccc2[CH]1[Zr+2][C]1=CC=CC1.[Cl-].[Cl-]. The van der Waals surface area contributed by atoms with Crippen LogP contribution < -0.4 is 24.8 Å². The fraction of sp³-hybridized carbons (Fsp3) is 0.182. The monoisotopic (exact) mass is 444 g/mol. The summed E-state index contributed by atoms with van der Waals surface area (Å²) in [5.74, 6) is 0. The van der Waals surface area contributed by atoms with Crippen molar-refractivity contribution in [3.8, 4) is 11.1 Å². The van der Waals surface area contributed by atoms with Crippen molar-refractivity contribution >= 4 is 6.08 Å². The van der Waals surface area contributed by atoms with Crippen LogP contribution in [-0.4, -0.2) is 0 Å². The van der Waals surface area contributed by atoms with E-state index in [1.165, 1.54) is 29.5 Å². The Hall–Kier alpha value is -0.877. The van der Waals surface area contributed by atoms with Crippen LogP contribution in [0.15, 0.2) is 75.6 Å². The summed E-state index contributed by atoms with van der Waals surface area (Å²) in [5.41, 5.74) is 7.46. The summed E-state index contributed by atoms with van der Waals surface area (Å²) >= 11 is -0.589. The van der Waals surface area contributed by atoms with E-state index in [2.05, 4.69) is 79.8 Å². The molecule has 0 bridgehead atoms. The van der Waals surface area contributed by atoms with Gasteiger partial charge in [-0.3, -0.25) is 0 Å². The number of hydrogen-bond donors (Lipinski definition) is 0. The van der Waals surface area contributed by atoms with E-state index in [1.54, 1.807) is 14.4 Å². The third kappa shape index (κ3) is 4.11. The van der Waals surface area contributed by atoms with Gasteiger partial charge in [-0.05, 0) is 0 Å². The molecule has 1 atom stereocenters. The normalized spacial score (nSPS) is 16.9. The third-order valence-electron chi connectivity index (χ3n) is 4.75. The molecule has 0 amide bonds. The van der Waals surface area contributed by atoms with Gasteiger partial charge in [-0.2, -0.15) is 0 Å². The van der Waals surface area contributed by atoms with Crippen molar-refractivity contribution in [3.05, 3.63) is 86.7 Å². The van der Waals surface area contributed by atoms with Crippen molar-refractivity contribution in [2.24, 2.45) is 0 Å². The summed E-state index contributed by atoms with van der Waals surface area (Å²) in [7, 11) is 0. The van der Waals surface area contributed by atoms with Crippen LogP contribution in [-0.2, 0) is 23.2 Å². The number of halogens is 2. The van der Waals surface area contributed by atoms with Crippen LogP contribution in [0, 0.1) is 0 Å². The Bertz CT molecular complexity index is 819. The maximum absolute atomic E-state index is 2.49. The van der Waals surface area contributed by atoms with Crippen molar-refractivity contribution in [2.75, 3.05) is 0 Å². The minimum absolute atomic E-state index is 0. The van der Waals surface area contributed by atoms with Gasteiger partial charge in [0.25, 0.3) is 0 Å². The van der Waals surface area contributed by atoms with Gasteiger partial charge in [-0.25, -0.2) is 0 Å². The van der Waals surface area contributed by atoms with Crippen molar-refractivity contribution in [1.82, 2.24) is 0 Å². The molecule has 2 aliphatic carbocycles. The summed E-state index contributed by atoms with van der Waals surface area (Å²) in [6.45, 7) is 2.31. The van der Waals surface area contributed by atoms with Crippen LogP contribution in [0.5, 0.6) is 0 Å². The third-order valence-corrected chi connectivity index (χ3v) is 8.95. The van der Waals surface area contributed by atoms with Gasteiger partial charge in [0.2, 0.25) is 0 Å². The molecule has 0 radical (unpaired) electrons. The van der Waals surface area contributed by atoms with Gasteiger partial charge in [0, 0.05) is 0 Å². The summed E-state index contributed by atoms with van der Waals surface area (Å²) in [6.07, 6.45) is 11.8. The van der Waals surface area contributed by atoms with Crippen molar-refractivity contribution in [1.29, 1.82) is 0 Å². The van der Waals surface area contributed by atoms with E-state index in [9.17, 15) is 0 Å². The maximum atomic E-state index is 2.49. The van der Waals surface area contributed by atoms with E-state index in [-0.39, 0.29) is 24.8 Å². The minimum Gasteiger partial charge on any atom is -1.00 e. The zero-order valence-corrected chi connectivity index (χ0v) is 18.1. The Labute approximate surface area is 174 Å². The second-order valence-electron chi connectivity index (χ2n) is 6.15. The molecule has 2 aromatic rings. The van der Waals surface area contributed by atoms with Gasteiger partial charge in [0.15, 0.2) is 0 Å². The van der Waals surface area contributed by atoms with Crippen LogP contribution in [0.3, 0.4) is 0 Å². The molecule has 3 heteroatoms. The largest absolute Gasteiger partial charge is 1.00 e. The Morgan fingerprint density at radius 2 is 1.80 bits per heavy atom. The number of rotatable bonds is 4. The van der Waals surface area contributed by atoms with Crippen LogP contribution in [0.25, 0.3) is 17.2 Å². The average molecular weight is 447 g/mol. The number of fused-ring (bicyclic) bond motifs is 1. The number of allylic oxidation sites excluding steroid dienone is 5. The predicted octanol–water partition coefficient (Wildman–Crippen LogP) is 0.136. The summed E-state index contributed by atoms with van der Waals surface area (Å²) < 4.78 is 2.46. The zero-order valence-electron chi connectivity index (χ0n) is 14.2. The smallest absolute Gasteiger partial charge is 1.00 e. The first-order valence-corrected chi connectivity index (χ1v) is 11.0. The van der Waals surface area contributed by atoms with Crippen LogP contribution in [0.4, 0.5) is 0 Å². The molecule has 0 N–H and O–H groups in total. The van der Waals surface area contributed by atoms with Gasteiger partial charge in [0.05, 0.1) is 0 Å². The Kier molecular flexibility index (Phi) is 7.50. The van der Waals surface area contributed by atoms with Crippen LogP contribution >= 0.6 is 0 Å². The van der Waals surface area contributed by atoms with Gasteiger partial charge < -0.3 is 24.8 Å². The molecule has 0 saturated heterocycles. The number of benzene rings is 2. The Morgan fingerprint density at radius 1 is 1.00 bits per heavy atom. The fourth-order valence-electron chi connectivity index (χ4n) is 3.55. The molecule has 2 aromatic carbocycles. The topological polar surface area (TPSA) is 0 Å². The van der Waals surface area contributed by atoms with E-state index >= 15 is 0 Å². The first kappa shape index (κ1) is 20.4.